The fourth-order valence-electron chi connectivity index (χ4n) is 2.25. The third kappa shape index (κ3) is 3.52. The van der Waals surface area contributed by atoms with E-state index in [1.807, 2.05) is 12.1 Å². The molecule has 0 saturated carbocycles. The number of nitrogens with one attached hydrogen (secondary N) is 2. The number of hydrogen-bond acceptors (Lipinski definition) is 3. The molecule has 3 aromatic rings. The lowest BCUT2D eigenvalue weighted by Gasteiger charge is -2.04. The summed E-state index contributed by atoms with van der Waals surface area (Å²) in [4.78, 5) is 23.7. The number of aromatic nitrogens is 2. The molecule has 3 rings (SSSR count). The van der Waals surface area contributed by atoms with Crippen molar-refractivity contribution >= 4 is 29.0 Å². The summed E-state index contributed by atoms with van der Waals surface area (Å²) >= 11 is 5.97. The average Bonchev–Trinajstić information content (AvgIpc) is 3.05. The highest BCUT2D eigenvalue weighted by Gasteiger charge is 2.12. The molecule has 0 saturated heterocycles. The van der Waals surface area contributed by atoms with Crippen molar-refractivity contribution in [1.29, 1.82) is 0 Å². The van der Waals surface area contributed by atoms with Gasteiger partial charge in [0.25, 0.3) is 5.91 Å². The van der Waals surface area contributed by atoms with Crippen LogP contribution in [0.15, 0.2) is 54.6 Å². The third-order valence-electron chi connectivity index (χ3n) is 3.47. The Morgan fingerprint density at radius 2 is 1.88 bits per heavy atom. The second-order valence-corrected chi connectivity index (χ2v) is 5.70. The van der Waals surface area contributed by atoms with Gasteiger partial charge in [-0.25, -0.2) is 0 Å². The molecule has 24 heavy (non-hydrogen) atoms. The van der Waals surface area contributed by atoms with Crippen molar-refractivity contribution in [2.75, 3.05) is 5.32 Å². The summed E-state index contributed by atoms with van der Waals surface area (Å²) in [7, 11) is 0. The molecule has 0 aliphatic rings. The summed E-state index contributed by atoms with van der Waals surface area (Å²) in [5.74, 6) is -0.396. The van der Waals surface area contributed by atoms with Gasteiger partial charge in [-0.3, -0.25) is 14.7 Å². The van der Waals surface area contributed by atoms with Gasteiger partial charge in [0.1, 0.15) is 5.69 Å². The Balaban J connectivity index is 1.79. The van der Waals surface area contributed by atoms with E-state index in [1.54, 1.807) is 42.5 Å². The molecule has 1 aromatic heterocycles. The lowest BCUT2D eigenvalue weighted by Crippen LogP contribution is -2.12. The van der Waals surface area contributed by atoms with E-state index in [0.29, 0.717) is 27.7 Å². The van der Waals surface area contributed by atoms with Gasteiger partial charge in [-0.1, -0.05) is 35.9 Å². The second kappa shape index (κ2) is 6.68. The summed E-state index contributed by atoms with van der Waals surface area (Å²) in [6, 6.07) is 15.6. The first-order valence-corrected chi connectivity index (χ1v) is 7.64. The molecule has 1 heterocycles. The summed E-state index contributed by atoms with van der Waals surface area (Å²) in [6.45, 7) is 1.48. The van der Waals surface area contributed by atoms with E-state index in [1.165, 1.54) is 6.92 Å². The van der Waals surface area contributed by atoms with Crippen LogP contribution in [0, 0.1) is 0 Å². The zero-order valence-electron chi connectivity index (χ0n) is 12.8. The number of anilines is 1. The second-order valence-electron chi connectivity index (χ2n) is 5.27. The van der Waals surface area contributed by atoms with Gasteiger partial charge in [0.05, 0.1) is 5.69 Å². The van der Waals surface area contributed by atoms with Crippen molar-refractivity contribution in [1.82, 2.24) is 10.2 Å². The minimum absolute atomic E-state index is 0.0594. The molecule has 6 heteroatoms. The molecule has 0 bridgehead atoms. The molecule has 0 spiro atoms. The zero-order chi connectivity index (χ0) is 17.1. The van der Waals surface area contributed by atoms with E-state index >= 15 is 0 Å². The Morgan fingerprint density at radius 1 is 1.08 bits per heavy atom. The number of H-pyrrole nitrogens is 1. The number of amides is 1. The number of rotatable bonds is 4. The number of benzene rings is 2. The first-order chi connectivity index (χ1) is 11.5. The summed E-state index contributed by atoms with van der Waals surface area (Å²) in [5, 5.41) is 10.2. The first-order valence-electron chi connectivity index (χ1n) is 7.26. The van der Waals surface area contributed by atoms with Crippen LogP contribution in [0.4, 0.5) is 5.69 Å². The molecule has 0 atom stereocenters. The van der Waals surface area contributed by atoms with E-state index in [0.717, 1.165) is 5.56 Å². The Kier molecular flexibility index (Phi) is 4.44. The number of aromatic amines is 1. The molecular formula is C18H14ClN3O2. The zero-order valence-corrected chi connectivity index (χ0v) is 13.6. The quantitative estimate of drug-likeness (QED) is 0.700. The standard InChI is InChI=1S/C18H14ClN3O2/c1-11(23)12-4-3-7-15(9-12)20-18(24)17-10-16(21-22-17)13-5-2-6-14(19)8-13/h2-10H,1H3,(H,20,24)(H,21,22). The lowest BCUT2D eigenvalue weighted by atomic mass is 10.1. The van der Waals surface area contributed by atoms with Crippen LogP contribution in [-0.4, -0.2) is 21.9 Å². The fraction of sp³-hybridized carbons (Fsp3) is 0.0556. The number of Topliss-reactive ketones (excluding diaryl/α,β-unsaturated/α-hetero) is 1. The number of hydrogen-bond donors (Lipinski definition) is 2. The maximum absolute atomic E-state index is 12.3. The van der Waals surface area contributed by atoms with Gasteiger partial charge in [0.15, 0.2) is 5.78 Å². The highest BCUT2D eigenvalue weighted by molar-refractivity contribution is 6.30. The largest absolute Gasteiger partial charge is 0.321 e. The number of ketones is 1. The topological polar surface area (TPSA) is 74.8 Å². The predicted molar refractivity (Wildman–Crippen MR) is 93.4 cm³/mol. The van der Waals surface area contributed by atoms with Crippen molar-refractivity contribution in [2.24, 2.45) is 0 Å². The lowest BCUT2D eigenvalue weighted by molar-refractivity contribution is 0.100. The first kappa shape index (κ1) is 16.0. The Bertz CT molecular complexity index is 918. The molecule has 120 valence electrons. The van der Waals surface area contributed by atoms with E-state index in [-0.39, 0.29) is 11.7 Å². The Hall–Kier alpha value is -2.92. The van der Waals surface area contributed by atoms with Crippen LogP contribution in [0.3, 0.4) is 0 Å². The number of carbonyl (C=O) groups is 2. The average molecular weight is 340 g/mol. The summed E-state index contributed by atoms with van der Waals surface area (Å²) in [6.07, 6.45) is 0. The molecule has 0 unspecified atom stereocenters. The minimum Gasteiger partial charge on any atom is -0.321 e. The summed E-state index contributed by atoms with van der Waals surface area (Å²) < 4.78 is 0. The van der Waals surface area contributed by atoms with Crippen LogP contribution in [0.1, 0.15) is 27.8 Å². The van der Waals surface area contributed by atoms with Crippen molar-refractivity contribution in [3.05, 3.63) is 70.9 Å². The van der Waals surface area contributed by atoms with Crippen LogP contribution in [0.5, 0.6) is 0 Å². The Labute approximate surface area is 143 Å². The summed E-state index contributed by atoms with van der Waals surface area (Å²) in [5.41, 5.74) is 2.85. The van der Waals surface area contributed by atoms with Crippen LogP contribution < -0.4 is 5.32 Å². The molecule has 0 aliphatic heterocycles. The van der Waals surface area contributed by atoms with Gasteiger partial charge < -0.3 is 5.32 Å². The van der Waals surface area contributed by atoms with E-state index in [4.69, 9.17) is 11.6 Å². The number of nitrogens with zero attached hydrogens (tertiary/aromatic N) is 1. The predicted octanol–water partition coefficient (Wildman–Crippen LogP) is 4.19. The van der Waals surface area contributed by atoms with Gasteiger partial charge in [-0.2, -0.15) is 5.10 Å². The fourth-order valence-corrected chi connectivity index (χ4v) is 2.44. The third-order valence-corrected chi connectivity index (χ3v) is 3.70. The molecule has 0 radical (unpaired) electrons. The molecule has 0 fully saturated rings. The van der Waals surface area contributed by atoms with Crippen molar-refractivity contribution < 1.29 is 9.59 Å². The molecule has 2 aromatic carbocycles. The number of carbonyl (C=O) groups excluding carboxylic acids is 2. The maximum Gasteiger partial charge on any atom is 0.273 e. The van der Waals surface area contributed by atoms with Crippen LogP contribution in [0.2, 0.25) is 5.02 Å². The highest BCUT2D eigenvalue weighted by atomic mass is 35.5. The molecule has 0 aliphatic carbocycles. The van der Waals surface area contributed by atoms with E-state index in [2.05, 4.69) is 15.5 Å². The maximum atomic E-state index is 12.3. The van der Waals surface area contributed by atoms with E-state index < -0.39 is 0 Å². The monoisotopic (exact) mass is 339 g/mol. The molecule has 1 amide bonds. The SMILES string of the molecule is CC(=O)c1cccc(NC(=O)c2cc(-c3cccc(Cl)c3)n[nH]2)c1. The Morgan fingerprint density at radius 3 is 2.62 bits per heavy atom. The van der Waals surface area contributed by atoms with E-state index in [9.17, 15) is 9.59 Å². The molecular weight excluding hydrogens is 326 g/mol. The van der Waals surface area contributed by atoms with Gasteiger partial charge >= 0.3 is 0 Å². The van der Waals surface area contributed by atoms with Gasteiger partial charge in [-0.05, 0) is 37.3 Å². The van der Waals surface area contributed by atoms with Crippen LogP contribution >= 0.6 is 11.6 Å². The van der Waals surface area contributed by atoms with Gasteiger partial charge in [0, 0.05) is 21.8 Å². The molecule has 5 nitrogen and oxygen atoms in total. The van der Waals surface area contributed by atoms with Crippen LogP contribution in [-0.2, 0) is 0 Å². The number of halogens is 1. The molecule has 2 N–H and O–H groups in total. The van der Waals surface area contributed by atoms with Gasteiger partial charge in [-0.15, -0.1) is 0 Å². The minimum atomic E-state index is -0.337. The van der Waals surface area contributed by atoms with Crippen molar-refractivity contribution in [3.8, 4) is 11.3 Å². The van der Waals surface area contributed by atoms with Crippen LogP contribution in [0.25, 0.3) is 11.3 Å². The normalized spacial score (nSPS) is 10.4. The smallest absolute Gasteiger partial charge is 0.273 e. The van der Waals surface area contributed by atoms with Crippen molar-refractivity contribution in [3.63, 3.8) is 0 Å². The van der Waals surface area contributed by atoms with Crippen molar-refractivity contribution in [2.45, 2.75) is 6.92 Å². The van der Waals surface area contributed by atoms with Gasteiger partial charge in [0.2, 0.25) is 0 Å². The highest BCUT2D eigenvalue weighted by Crippen LogP contribution is 2.22.